The number of fused-ring (bicyclic) bond motifs is 3. The molecular weight excluding hydrogens is 386 g/mol. The normalized spacial score (nSPS) is 17.8. The van der Waals surface area contributed by atoms with Crippen molar-refractivity contribution in [1.29, 1.82) is 0 Å². The van der Waals surface area contributed by atoms with E-state index in [1.807, 2.05) is 40.9 Å². The Labute approximate surface area is 173 Å². The zero-order chi connectivity index (χ0) is 19.8. The van der Waals surface area contributed by atoms with Gasteiger partial charge in [0.15, 0.2) is 5.69 Å². The average molecular weight is 410 g/mol. The molecule has 7 heteroatoms. The highest BCUT2D eigenvalue weighted by Gasteiger charge is 2.31. The average Bonchev–Trinajstić information content (AvgIpc) is 3.49. The molecule has 1 saturated heterocycles. The number of ether oxygens (including phenoxy) is 1. The molecule has 4 heterocycles. The lowest BCUT2D eigenvalue weighted by Gasteiger charge is -2.24. The highest BCUT2D eigenvalue weighted by molar-refractivity contribution is 7.98. The van der Waals surface area contributed by atoms with Gasteiger partial charge >= 0.3 is 0 Å². The van der Waals surface area contributed by atoms with E-state index in [0.717, 1.165) is 47.8 Å². The third-order valence-electron chi connectivity index (χ3n) is 5.52. The molecule has 2 aliphatic rings. The van der Waals surface area contributed by atoms with Crippen molar-refractivity contribution in [2.24, 2.45) is 7.05 Å². The van der Waals surface area contributed by atoms with Crippen molar-refractivity contribution in [2.75, 3.05) is 13.2 Å². The van der Waals surface area contributed by atoms with Gasteiger partial charge in [-0.15, -0.1) is 11.8 Å². The van der Waals surface area contributed by atoms with Gasteiger partial charge in [-0.1, -0.05) is 18.2 Å². The number of aromatic nitrogens is 2. The van der Waals surface area contributed by atoms with E-state index in [4.69, 9.17) is 9.15 Å². The molecule has 1 aromatic carbocycles. The summed E-state index contributed by atoms with van der Waals surface area (Å²) in [5.41, 5.74) is 3.73. The molecule has 0 saturated carbocycles. The Kier molecular flexibility index (Phi) is 4.93. The molecule has 5 rings (SSSR count). The monoisotopic (exact) mass is 409 g/mol. The van der Waals surface area contributed by atoms with Gasteiger partial charge in [-0.25, -0.2) is 0 Å². The van der Waals surface area contributed by atoms with E-state index < -0.39 is 0 Å². The van der Waals surface area contributed by atoms with Gasteiger partial charge in [-0.2, -0.15) is 5.10 Å². The number of carbonyl (C=O) groups excluding carboxylic acids is 1. The van der Waals surface area contributed by atoms with Crippen molar-refractivity contribution < 1.29 is 13.9 Å². The molecule has 1 amide bonds. The predicted octanol–water partition coefficient (Wildman–Crippen LogP) is 4.11. The third kappa shape index (κ3) is 3.49. The minimum Gasteiger partial charge on any atom is -0.467 e. The van der Waals surface area contributed by atoms with Crippen LogP contribution in [0.4, 0.5) is 0 Å². The summed E-state index contributed by atoms with van der Waals surface area (Å²) < 4.78 is 13.2. The van der Waals surface area contributed by atoms with Crippen molar-refractivity contribution >= 4 is 17.7 Å². The molecule has 0 radical (unpaired) electrons. The first kappa shape index (κ1) is 18.5. The third-order valence-corrected chi connectivity index (χ3v) is 6.62. The lowest BCUT2D eigenvalue weighted by atomic mass is 10.1. The maximum Gasteiger partial charge on any atom is 0.275 e. The van der Waals surface area contributed by atoms with Crippen molar-refractivity contribution in [3.63, 3.8) is 0 Å². The zero-order valence-corrected chi connectivity index (χ0v) is 17.2. The molecule has 2 aromatic heterocycles. The topological polar surface area (TPSA) is 60.5 Å². The van der Waals surface area contributed by atoms with E-state index in [-0.39, 0.29) is 12.0 Å². The van der Waals surface area contributed by atoms with Gasteiger partial charge in [0.2, 0.25) is 0 Å². The number of carbonyl (C=O) groups is 1. The van der Waals surface area contributed by atoms with Gasteiger partial charge in [0.05, 0.1) is 24.6 Å². The summed E-state index contributed by atoms with van der Waals surface area (Å²) in [4.78, 5) is 16.7. The number of rotatable bonds is 5. The number of hydrogen-bond donors (Lipinski definition) is 0. The van der Waals surface area contributed by atoms with E-state index in [0.29, 0.717) is 18.8 Å². The van der Waals surface area contributed by atoms with Crippen LogP contribution in [0.1, 0.15) is 34.7 Å². The minimum atomic E-state index is -0.0614. The van der Waals surface area contributed by atoms with Crippen LogP contribution in [0, 0.1) is 0 Å². The van der Waals surface area contributed by atoms with Crippen LogP contribution >= 0.6 is 11.8 Å². The van der Waals surface area contributed by atoms with Crippen LogP contribution in [0.5, 0.6) is 0 Å². The predicted molar refractivity (Wildman–Crippen MR) is 111 cm³/mol. The fourth-order valence-electron chi connectivity index (χ4n) is 4.15. The van der Waals surface area contributed by atoms with Crippen molar-refractivity contribution in [3.8, 4) is 11.3 Å². The Hall–Kier alpha value is -2.51. The van der Waals surface area contributed by atoms with E-state index in [1.165, 1.54) is 4.90 Å². The van der Waals surface area contributed by atoms with Crippen LogP contribution in [-0.4, -0.2) is 39.8 Å². The summed E-state index contributed by atoms with van der Waals surface area (Å²) in [6.07, 6.45) is 3.73. The van der Waals surface area contributed by atoms with Crippen LogP contribution < -0.4 is 0 Å². The maximum absolute atomic E-state index is 13.6. The largest absolute Gasteiger partial charge is 0.467 e. The Morgan fingerprint density at radius 3 is 3.00 bits per heavy atom. The van der Waals surface area contributed by atoms with Crippen LogP contribution in [-0.2, 0) is 24.1 Å². The summed E-state index contributed by atoms with van der Waals surface area (Å²) >= 11 is 1.76. The Bertz CT molecular complexity index is 1020. The summed E-state index contributed by atoms with van der Waals surface area (Å²) in [5, 5.41) is 4.66. The first-order valence-corrected chi connectivity index (χ1v) is 10.9. The van der Waals surface area contributed by atoms with E-state index in [2.05, 4.69) is 17.2 Å². The highest BCUT2D eigenvalue weighted by Crippen LogP contribution is 2.42. The fourth-order valence-corrected chi connectivity index (χ4v) is 5.21. The maximum atomic E-state index is 13.6. The van der Waals surface area contributed by atoms with Crippen molar-refractivity contribution in [1.82, 2.24) is 14.7 Å². The molecule has 29 heavy (non-hydrogen) atoms. The van der Waals surface area contributed by atoms with Gasteiger partial charge in [0.1, 0.15) is 5.76 Å². The molecular formula is C22H23N3O3S. The van der Waals surface area contributed by atoms with Gasteiger partial charge < -0.3 is 14.1 Å². The first-order valence-electron chi connectivity index (χ1n) is 9.92. The number of amides is 1. The van der Waals surface area contributed by atoms with Gasteiger partial charge in [0.25, 0.3) is 5.91 Å². The molecule has 3 aromatic rings. The van der Waals surface area contributed by atoms with Crippen molar-refractivity contribution in [2.45, 2.75) is 36.1 Å². The van der Waals surface area contributed by atoms with Gasteiger partial charge in [0, 0.05) is 42.0 Å². The fraction of sp³-hybridized carbons (Fsp3) is 0.364. The number of nitrogens with zero attached hydrogens (tertiary/aromatic N) is 3. The van der Waals surface area contributed by atoms with Crippen LogP contribution in [0.15, 0.2) is 52.0 Å². The van der Waals surface area contributed by atoms with Crippen LogP contribution in [0.25, 0.3) is 11.3 Å². The van der Waals surface area contributed by atoms with Gasteiger partial charge in [-0.3, -0.25) is 9.48 Å². The molecule has 0 N–H and O–H groups in total. The standard InChI is InChI=1S/C22H23N3O3S/c1-24-21-17-8-2-3-9-19(17)29-14-18(21)20(23-24)22(26)25(12-15-6-4-10-27-15)13-16-7-5-11-28-16/h2-4,6,8-10,16H,5,7,11-14H2,1H3/t16-/m1/s1. The van der Waals surface area contributed by atoms with Crippen LogP contribution in [0.3, 0.4) is 0 Å². The lowest BCUT2D eigenvalue weighted by Crippen LogP contribution is -2.37. The van der Waals surface area contributed by atoms with Crippen molar-refractivity contribution in [3.05, 3.63) is 59.7 Å². The van der Waals surface area contributed by atoms with E-state index in [9.17, 15) is 4.79 Å². The molecule has 0 aliphatic carbocycles. The molecule has 2 aliphatic heterocycles. The summed E-state index contributed by atoms with van der Waals surface area (Å²) in [7, 11) is 1.92. The second-order valence-electron chi connectivity index (χ2n) is 7.48. The summed E-state index contributed by atoms with van der Waals surface area (Å²) in [6, 6.07) is 12.0. The molecule has 0 bridgehead atoms. The number of furan rings is 1. The van der Waals surface area contributed by atoms with E-state index in [1.54, 1.807) is 18.0 Å². The SMILES string of the molecule is Cn1nc(C(=O)N(Cc2ccco2)C[C@H]2CCCO2)c2c1-c1ccccc1SC2. The smallest absolute Gasteiger partial charge is 0.275 e. The number of thioether (sulfide) groups is 1. The Morgan fingerprint density at radius 1 is 1.31 bits per heavy atom. The van der Waals surface area contributed by atoms with Gasteiger partial charge in [-0.05, 0) is 31.0 Å². The lowest BCUT2D eigenvalue weighted by molar-refractivity contribution is 0.0486. The minimum absolute atomic E-state index is 0.0614. The second-order valence-corrected chi connectivity index (χ2v) is 8.50. The van der Waals surface area contributed by atoms with Crippen LogP contribution in [0.2, 0.25) is 0 Å². The number of benzene rings is 1. The zero-order valence-electron chi connectivity index (χ0n) is 16.3. The quantitative estimate of drug-likeness (QED) is 0.635. The molecule has 1 atom stereocenters. The summed E-state index contributed by atoms with van der Waals surface area (Å²) in [5.74, 6) is 1.45. The first-order chi connectivity index (χ1) is 14.2. The summed E-state index contributed by atoms with van der Waals surface area (Å²) in [6.45, 7) is 1.73. The van der Waals surface area contributed by atoms with E-state index >= 15 is 0 Å². The molecule has 0 unspecified atom stereocenters. The second kappa shape index (κ2) is 7.72. The highest BCUT2D eigenvalue weighted by atomic mass is 32.2. The molecule has 6 nitrogen and oxygen atoms in total. The molecule has 0 spiro atoms. The molecule has 1 fully saturated rings. The Morgan fingerprint density at radius 2 is 2.21 bits per heavy atom. The number of hydrogen-bond acceptors (Lipinski definition) is 5. The Balaban J connectivity index is 1.49. The molecule has 150 valence electrons. The number of aryl methyl sites for hydroxylation is 1.